The van der Waals surface area contributed by atoms with Crippen molar-refractivity contribution >= 4 is 11.3 Å². The Morgan fingerprint density at radius 1 is 1.05 bits per heavy atom. The zero-order valence-corrected chi connectivity index (χ0v) is 12.4. The van der Waals surface area contributed by atoms with Gasteiger partial charge in [-0.25, -0.2) is 4.98 Å². The summed E-state index contributed by atoms with van der Waals surface area (Å²) in [5.41, 5.74) is 0.945. The molecule has 3 heterocycles. The van der Waals surface area contributed by atoms with E-state index in [1.54, 1.807) is 22.2 Å². The summed E-state index contributed by atoms with van der Waals surface area (Å²) in [5.74, 6) is 1.69. The van der Waals surface area contributed by atoms with Crippen molar-refractivity contribution in [2.24, 2.45) is 0 Å². The highest BCUT2D eigenvalue weighted by molar-refractivity contribution is 7.13. The van der Waals surface area contributed by atoms with Crippen molar-refractivity contribution in [3.63, 3.8) is 0 Å². The van der Waals surface area contributed by atoms with E-state index in [9.17, 15) is 0 Å². The summed E-state index contributed by atoms with van der Waals surface area (Å²) in [7, 11) is 0. The monoisotopic (exact) mass is 308 g/mol. The van der Waals surface area contributed by atoms with E-state index in [1.807, 2.05) is 48.0 Å². The molecule has 7 heteroatoms. The molecule has 0 unspecified atom stereocenters. The number of nitrogens with zero attached hydrogens (tertiary/aromatic N) is 6. The van der Waals surface area contributed by atoms with Gasteiger partial charge in [-0.3, -0.25) is 0 Å². The number of hydrogen-bond acceptors (Lipinski definition) is 5. The van der Waals surface area contributed by atoms with Gasteiger partial charge in [0, 0.05) is 12.4 Å². The number of tetrazole rings is 1. The number of benzene rings is 1. The third kappa shape index (κ3) is 2.31. The zero-order valence-electron chi connectivity index (χ0n) is 11.6. The van der Waals surface area contributed by atoms with E-state index in [1.165, 1.54) is 0 Å². The van der Waals surface area contributed by atoms with Gasteiger partial charge in [0.25, 0.3) is 0 Å². The maximum Gasteiger partial charge on any atom is 0.176 e. The minimum Gasteiger partial charge on any atom is -0.323 e. The Hall–Kier alpha value is -2.80. The lowest BCUT2D eigenvalue weighted by Gasteiger charge is -2.07. The van der Waals surface area contributed by atoms with Gasteiger partial charge in [0.2, 0.25) is 0 Å². The third-order valence-corrected chi connectivity index (χ3v) is 4.17. The fraction of sp³-hybridized carbons (Fsp3) is 0.0667. The SMILES string of the molecule is c1ccc(-n2nnnc2Cn2ccnc2-c2cccs2)cc1. The molecule has 0 N–H and O–H groups in total. The zero-order chi connectivity index (χ0) is 14.8. The Bertz CT molecular complexity index is 862. The van der Waals surface area contributed by atoms with E-state index in [4.69, 9.17) is 0 Å². The van der Waals surface area contributed by atoms with Crippen LogP contribution in [0.4, 0.5) is 0 Å². The van der Waals surface area contributed by atoms with Gasteiger partial charge in [0.15, 0.2) is 5.82 Å². The molecule has 22 heavy (non-hydrogen) atoms. The molecule has 0 amide bonds. The predicted octanol–water partition coefficient (Wildman–Crippen LogP) is 2.64. The first-order valence-corrected chi connectivity index (χ1v) is 7.67. The summed E-state index contributed by atoms with van der Waals surface area (Å²) in [6.07, 6.45) is 3.74. The van der Waals surface area contributed by atoms with Gasteiger partial charge in [-0.05, 0) is 34.0 Å². The Balaban J connectivity index is 1.69. The maximum absolute atomic E-state index is 4.44. The van der Waals surface area contributed by atoms with Gasteiger partial charge in [-0.2, -0.15) is 4.68 Å². The van der Waals surface area contributed by atoms with Crippen LogP contribution in [0.3, 0.4) is 0 Å². The van der Waals surface area contributed by atoms with Crippen LogP contribution < -0.4 is 0 Å². The summed E-state index contributed by atoms with van der Waals surface area (Å²) in [6, 6.07) is 13.9. The van der Waals surface area contributed by atoms with Gasteiger partial charge >= 0.3 is 0 Å². The molecular weight excluding hydrogens is 296 g/mol. The number of para-hydroxylation sites is 1. The number of hydrogen-bond donors (Lipinski definition) is 0. The molecule has 6 nitrogen and oxygen atoms in total. The second kappa shape index (κ2) is 5.53. The van der Waals surface area contributed by atoms with Gasteiger partial charge in [-0.1, -0.05) is 24.3 Å². The molecule has 0 aliphatic rings. The summed E-state index contributed by atoms with van der Waals surface area (Å²) in [5, 5.41) is 14.1. The fourth-order valence-electron chi connectivity index (χ4n) is 2.29. The van der Waals surface area contributed by atoms with Crippen LogP contribution >= 0.6 is 11.3 Å². The van der Waals surface area contributed by atoms with Crippen LogP contribution in [0.15, 0.2) is 60.2 Å². The summed E-state index contributed by atoms with van der Waals surface area (Å²) in [4.78, 5) is 5.57. The van der Waals surface area contributed by atoms with E-state index in [0.29, 0.717) is 6.54 Å². The van der Waals surface area contributed by atoms with E-state index in [2.05, 4.69) is 31.1 Å². The van der Waals surface area contributed by atoms with Crippen molar-refractivity contribution in [1.29, 1.82) is 0 Å². The summed E-state index contributed by atoms with van der Waals surface area (Å²) < 4.78 is 3.80. The first-order valence-electron chi connectivity index (χ1n) is 6.79. The molecule has 4 rings (SSSR count). The Morgan fingerprint density at radius 3 is 2.77 bits per heavy atom. The molecule has 0 atom stereocenters. The first kappa shape index (κ1) is 12.9. The van der Waals surface area contributed by atoms with E-state index in [0.717, 1.165) is 22.2 Å². The van der Waals surface area contributed by atoms with Gasteiger partial charge in [0.05, 0.1) is 17.1 Å². The molecular formula is C15H12N6S. The predicted molar refractivity (Wildman–Crippen MR) is 83.8 cm³/mol. The standard InChI is InChI=1S/C15H12N6S/c1-2-5-12(6-3-1)21-14(17-18-19-21)11-20-9-8-16-15(20)13-7-4-10-22-13/h1-10H,11H2. The van der Waals surface area contributed by atoms with Crippen LogP contribution in [-0.2, 0) is 6.54 Å². The quantitative estimate of drug-likeness (QED) is 0.581. The normalized spacial score (nSPS) is 10.9. The molecule has 4 aromatic rings. The molecule has 108 valence electrons. The smallest absolute Gasteiger partial charge is 0.176 e. The van der Waals surface area contributed by atoms with E-state index >= 15 is 0 Å². The molecule has 0 spiro atoms. The lowest BCUT2D eigenvalue weighted by molar-refractivity contribution is 0.705. The van der Waals surface area contributed by atoms with Crippen molar-refractivity contribution in [3.8, 4) is 16.4 Å². The number of aromatic nitrogens is 6. The molecule has 0 fully saturated rings. The highest BCUT2D eigenvalue weighted by Gasteiger charge is 2.12. The first-order chi connectivity index (χ1) is 10.9. The van der Waals surface area contributed by atoms with Crippen LogP contribution in [-0.4, -0.2) is 29.8 Å². The van der Waals surface area contributed by atoms with E-state index < -0.39 is 0 Å². The van der Waals surface area contributed by atoms with Gasteiger partial charge in [-0.15, -0.1) is 16.4 Å². The van der Waals surface area contributed by atoms with E-state index in [-0.39, 0.29) is 0 Å². The third-order valence-electron chi connectivity index (χ3n) is 3.30. The lowest BCUT2D eigenvalue weighted by atomic mass is 10.3. The van der Waals surface area contributed by atoms with Crippen LogP contribution in [0.25, 0.3) is 16.4 Å². The highest BCUT2D eigenvalue weighted by Crippen LogP contribution is 2.23. The lowest BCUT2D eigenvalue weighted by Crippen LogP contribution is -2.08. The average Bonchev–Trinajstić information content (AvgIpc) is 3.30. The van der Waals surface area contributed by atoms with Gasteiger partial charge < -0.3 is 4.57 Å². The Labute approximate surface area is 130 Å². The largest absolute Gasteiger partial charge is 0.323 e. The van der Waals surface area contributed by atoms with Crippen molar-refractivity contribution in [1.82, 2.24) is 29.8 Å². The van der Waals surface area contributed by atoms with Crippen LogP contribution in [0.1, 0.15) is 5.82 Å². The topological polar surface area (TPSA) is 61.4 Å². The molecule has 0 saturated heterocycles. The molecule has 0 aliphatic heterocycles. The molecule has 3 aromatic heterocycles. The Kier molecular flexibility index (Phi) is 3.24. The fourth-order valence-corrected chi connectivity index (χ4v) is 3.03. The second-order valence-corrected chi connectivity index (χ2v) is 5.65. The van der Waals surface area contributed by atoms with Crippen LogP contribution in [0.5, 0.6) is 0 Å². The second-order valence-electron chi connectivity index (χ2n) is 4.70. The minimum atomic E-state index is 0.565. The highest BCUT2D eigenvalue weighted by atomic mass is 32.1. The van der Waals surface area contributed by atoms with Crippen molar-refractivity contribution in [2.75, 3.05) is 0 Å². The summed E-state index contributed by atoms with van der Waals surface area (Å²) >= 11 is 1.67. The summed E-state index contributed by atoms with van der Waals surface area (Å²) in [6.45, 7) is 0.565. The number of imidazole rings is 1. The van der Waals surface area contributed by atoms with Crippen molar-refractivity contribution < 1.29 is 0 Å². The molecule has 0 bridgehead atoms. The van der Waals surface area contributed by atoms with Crippen LogP contribution in [0, 0.1) is 0 Å². The van der Waals surface area contributed by atoms with Crippen molar-refractivity contribution in [2.45, 2.75) is 6.54 Å². The Morgan fingerprint density at radius 2 is 1.95 bits per heavy atom. The molecule has 1 aromatic carbocycles. The molecule has 0 radical (unpaired) electrons. The number of thiophene rings is 1. The molecule has 0 saturated carbocycles. The van der Waals surface area contributed by atoms with Crippen LogP contribution in [0.2, 0.25) is 0 Å². The molecule has 0 aliphatic carbocycles. The average molecular weight is 308 g/mol. The van der Waals surface area contributed by atoms with Crippen molar-refractivity contribution in [3.05, 3.63) is 66.1 Å². The van der Waals surface area contributed by atoms with Gasteiger partial charge in [0.1, 0.15) is 5.82 Å². The number of rotatable bonds is 4. The minimum absolute atomic E-state index is 0.565. The maximum atomic E-state index is 4.44.